The van der Waals surface area contributed by atoms with Crippen LogP contribution in [-0.2, 0) is 13.6 Å². The van der Waals surface area contributed by atoms with Crippen LogP contribution in [0.15, 0.2) is 29.6 Å². The fourth-order valence-corrected chi connectivity index (χ4v) is 3.57. The van der Waals surface area contributed by atoms with Crippen molar-refractivity contribution in [2.24, 2.45) is 0 Å². The predicted octanol–water partition coefficient (Wildman–Crippen LogP) is 3.72. The Labute approximate surface area is 108 Å². The van der Waals surface area contributed by atoms with Gasteiger partial charge in [-0.2, -0.15) is 0 Å². The lowest BCUT2D eigenvalue weighted by Gasteiger charge is -2.24. The van der Waals surface area contributed by atoms with Crippen LogP contribution in [0.5, 0.6) is 0 Å². The van der Waals surface area contributed by atoms with Crippen molar-refractivity contribution in [2.75, 3.05) is 25.1 Å². The minimum absolute atomic E-state index is 0.371. The fraction of sp³-hybridized carbons (Fsp3) is 0.385. The van der Waals surface area contributed by atoms with Crippen LogP contribution in [-0.4, -0.2) is 19.8 Å². The summed E-state index contributed by atoms with van der Waals surface area (Å²) in [5, 5.41) is 3.92. The quantitative estimate of drug-likeness (QED) is 0.826. The van der Waals surface area contributed by atoms with Gasteiger partial charge in [0.25, 0.3) is 0 Å². The Hall–Kier alpha value is -1.09. The third kappa shape index (κ3) is 2.66. The maximum atomic E-state index is 12.6. The van der Waals surface area contributed by atoms with Gasteiger partial charge in [-0.05, 0) is 31.6 Å². The summed E-state index contributed by atoms with van der Waals surface area (Å²) in [5.41, 5.74) is 2.05. The summed E-state index contributed by atoms with van der Waals surface area (Å²) >= 11 is 0. The highest BCUT2D eigenvalue weighted by atomic mass is 31.2. The van der Waals surface area contributed by atoms with Crippen molar-refractivity contribution in [2.45, 2.75) is 13.8 Å². The Morgan fingerprint density at radius 3 is 2.56 bits per heavy atom. The second-order valence-corrected chi connectivity index (χ2v) is 6.00. The average Bonchev–Trinajstić information content (AvgIpc) is 2.39. The highest BCUT2D eigenvalue weighted by Crippen LogP contribution is 2.57. The van der Waals surface area contributed by atoms with E-state index in [1.165, 1.54) is 0 Å². The highest BCUT2D eigenvalue weighted by molar-refractivity contribution is 7.58. The van der Waals surface area contributed by atoms with Crippen LogP contribution in [0.3, 0.4) is 0 Å². The first-order chi connectivity index (χ1) is 8.69. The molecule has 0 atom stereocenters. The van der Waals surface area contributed by atoms with Gasteiger partial charge in [0.1, 0.15) is 0 Å². The lowest BCUT2D eigenvalue weighted by atomic mass is 10.1. The van der Waals surface area contributed by atoms with Crippen molar-refractivity contribution in [3.63, 3.8) is 0 Å². The summed E-state index contributed by atoms with van der Waals surface area (Å²) < 4.78 is 23.3. The minimum atomic E-state index is -3.15. The van der Waals surface area contributed by atoms with Gasteiger partial charge in [0, 0.05) is 12.2 Å². The zero-order valence-electron chi connectivity index (χ0n) is 10.7. The number of para-hydroxylation sites is 1. The molecule has 0 unspecified atom stereocenters. The number of hydrogen-bond acceptors (Lipinski definition) is 4. The molecule has 1 aromatic rings. The first-order valence-electron chi connectivity index (χ1n) is 6.12. The third-order valence-electron chi connectivity index (χ3n) is 2.69. The number of fused-ring (bicyclic) bond motifs is 1. The van der Waals surface area contributed by atoms with Gasteiger partial charge in [-0.25, -0.2) is 0 Å². The molecular formula is C13H18NO3P. The van der Waals surface area contributed by atoms with Crippen LogP contribution in [0.2, 0.25) is 0 Å². The Morgan fingerprint density at radius 2 is 1.89 bits per heavy atom. The SMILES string of the molecule is CCOP(=O)(OCC)C1=Cc2ccccc2NC1. The lowest BCUT2D eigenvalue weighted by Crippen LogP contribution is -2.13. The molecule has 2 rings (SSSR count). The van der Waals surface area contributed by atoms with Crippen LogP contribution < -0.4 is 5.32 Å². The fourth-order valence-electron chi connectivity index (χ4n) is 1.92. The van der Waals surface area contributed by atoms with E-state index in [1.54, 1.807) is 0 Å². The Kier molecular flexibility index (Phi) is 4.23. The lowest BCUT2D eigenvalue weighted by molar-refractivity contribution is 0.226. The van der Waals surface area contributed by atoms with E-state index in [9.17, 15) is 4.57 Å². The van der Waals surface area contributed by atoms with Crippen molar-refractivity contribution in [1.82, 2.24) is 0 Å². The van der Waals surface area contributed by atoms with Gasteiger partial charge in [0.15, 0.2) is 0 Å². The van der Waals surface area contributed by atoms with Gasteiger partial charge >= 0.3 is 7.60 Å². The van der Waals surface area contributed by atoms with Crippen LogP contribution in [0.1, 0.15) is 19.4 Å². The summed E-state index contributed by atoms with van der Waals surface area (Å²) in [4.78, 5) is 0. The normalized spacial score (nSPS) is 14.7. The molecule has 0 radical (unpaired) electrons. The molecule has 1 aliphatic heterocycles. The molecule has 1 heterocycles. The molecule has 1 aliphatic rings. The highest BCUT2D eigenvalue weighted by Gasteiger charge is 2.31. The van der Waals surface area contributed by atoms with E-state index in [0.29, 0.717) is 25.1 Å². The second-order valence-electron chi connectivity index (χ2n) is 3.91. The zero-order valence-corrected chi connectivity index (χ0v) is 11.6. The number of nitrogens with one attached hydrogen (secondary N) is 1. The van der Waals surface area contributed by atoms with Crippen LogP contribution in [0.25, 0.3) is 6.08 Å². The summed E-state index contributed by atoms with van der Waals surface area (Å²) in [6.45, 7) is 4.87. The molecule has 1 N–H and O–H groups in total. The Balaban J connectivity index is 2.34. The molecule has 0 aromatic heterocycles. The summed E-state index contributed by atoms with van der Waals surface area (Å²) in [6, 6.07) is 7.89. The van der Waals surface area contributed by atoms with Crippen molar-refractivity contribution < 1.29 is 13.6 Å². The van der Waals surface area contributed by atoms with Gasteiger partial charge in [-0.1, -0.05) is 18.2 Å². The van der Waals surface area contributed by atoms with Gasteiger partial charge < -0.3 is 14.4 Å². The molecule has 0 saturated carbocycles. The average molecular weight is 267 g/mol. The number of benzene rings is 1. The number of rotatable bonds is 5. The molecule has 98 valence electrons. The smallest absolute Gasteiger partial charge is 0.359 e. The topological polar surface area (TPSA) is 47.6 Å². The monoisotopic (exact) mass is 267 g/mol. The third-order valence-corrected chi connectivity index (χ3v) is 4.88. The maximum Gasteiger partial charge on any atom is 0.359 e. The summed E-state index contributed by atoms with van der Waals surface area (Å²) in [6.07, 6.45) is 1.90. The standard InChI is InChI=1S/C13H18NO3P/c1-3-16-18(15,17-4-2)12-9-11-7-5-6-8-13(11)14-10-12/h5-9,14H,3-4,10H2,1-2H3. The van der Waals surface area contributed by atoms with E-state index in [0.717, 1.165) is 11.3 Å². The first-order valence-corrected chi connectivity index (χ1v) is 7.67. The zero-order chi connectivity index (χ0) is 13.0. The molecule has 0 amide bonds. The van der Waals surface area contributed by atoms with E-state index in [-0.39, 0.29) is 0 Å². The van der Waals surface area contributed by atoms with Gasteiger partial charge in [0.05, 0.1) is 18.5 Å². The van der Waals surface area contributed by atoms with Crippen LogP contribution >= 0.6 is 7.60 Å². The molecule has 4 nitrogen and oxygen atoms in total. The van der Waals surface area contributed by atoms with Gasteiger partial charge in [0.2, 0.25) is 0 Å². The molecule has 0 aliphatic carbocycles. The van der Waals surface area contributed by atoms with Crippen molar-refractivity contribution in [1.29, 1.82) is 0 Å². The first kappa shape index (κ1) is 13.3. The summed E-state index contributed by atoms with van der Waals surface area (Å²) in [7, 11) is -3.15. The van der Waals surface area contributed by atoms with Crippen molar-refractivity contribution in [3.05, 3.63) is 35.1 Å². The maximum absolute atomic E-state index is 12.6. The predicted molar refractivity (Wildman–Crippen MR) is 73.8 cm³/mol. The molecule has 5 heteroatoms. The molecule has 0 spiro atoms. The second kappa shape index (κ2) is 5.70. The van der Waals surface area contributed by atoms with E-state index in [4.69, 9.17) is 9.05 Å². The van der Waals surface area contributed by atoms with E-state index in [2.05, 4.69) is 5.32 Å². The Bertz CT molecular complexity index is 489. The Morgan fingerprint density at radius 1 is 1.22 bits per heavy atom. The van der Waals surface area contributed by atoms with Crippen LogP contribution in [0.4, 0.5) is 5.69 Å². The van der Waals surface area contributed by atoms with E-state index < -0.39 is 7.60 Å². The van der Waals surface area contributed by atoms with Crippen LogP contribution in [0, 0.1) is 0 Å². The molecule has 18 heavy (non-hydrogen) atoms. The molecule has 1 aromatic carbocycles. The molecule has 0 bridgehead atoms. The molecule has 0 fully saturated rings. The number of anilines is 1. The van der Waals surface area contributed by atoms with Crippen molar-refractivity contribution >= 4 is 19.4 Å². The number of hydrogen-bond donors (Lipinski definition) is 1. The van der Waals surface area contributed by atoms with E-state index in [1.807, 2.05) is 44.2 Å². The van der Waals surface area contributed by atoms with Gasteiger partial charge in [-0.15, -0.1) is 0 Å². The van der Waals surface area contributed by atoms with E-state index >= 15 is 0 Å². The largest absolute Gasteiger partial charge is 0.380 e. The van der Waals surface area contributed by atoms with Crippen molar-refractivity contribution in [3.8, 4) is 0 Å². The molecular weight excluding hydrogens is 249 g/mol. The summed E-state index contributed by atoms with van der Waals surface area (Å²) in [5.74, 6) is 0. The molecule has 0 saturated heterocycles. The van der Waals surface area contributed by atoms with Gasteiger partial charge in [-0.3, -0.25) is 4.57 Å². The minimum Gasteiger partial charge on any atom is -0.380 e.